The highest BCUT2D eigenvalue weighted by Crippen LogP contribution is 2.44. The first-order chi connectivity index (χ1) is 9.23. The summed E-state index contributed by atoms with van der Waals surface area (Å²) in [6.45, 7) is 3.66. The molecular formula is C16H21NO2. The van der Waals surface area contributed by atoms with Crippen molar-refractivity contribution >= 4 is 0 Å². The van der Waals surface area contributed by atoms with Gasteiger partial charge in [-0.05, 0) is 42.4 Å². The van der Waals surface area contributed by atoms with Gasteiger partial charge in [-0.1, -0.05) is 12.1 Å². The summed E-state index contributed by atoms with van der Waals surface area (Å²) in [4.78, 5) is 2.38. The van der Waals surface area contributed by atoms with Crippen LogP contribution >= 0.6 is 0 Å². The van der Waals surface area contributed by atoms with Crippen LogP contribution in [0.2, 0.25) is 0 Å². The second-order valence-electron chi connectivity index (χ2n) is 6.38. The molecule has 0 atom stereocenters. The van der Waals surface area contributed by atoms with E-state index in [2.05, 4.69) is 23.1 Å². The van der Waals surface area contributed by atoms with Crippen molar-refractivity contribution in [2.75, 3.05) is 26.2 Å². The van der Waals surface area contributed by atoms with Crippen molar-refractivity contribution in [3.8, 4) is 5.75 Å². The van der Waals surface area contributed by atoms with E-state index in [1.54, 1.807) is 0 Å². The van der Waals surface area contributed by atoms with Crippen LogP contribution in [0.25, 0.3) is 0 Å². The van der Waals surface area contributed by atoms with Crippen LogP contribution in [-0.2, 0) is 12.8 Å². The molecule has 0 amide bonds. The average Bonchev–Trinajstić information content (AvgIpc) is 3.12. The summed E-state index contributed by atoms with van der Waals surface area (Å²) in [5.41, 5.74) is 2.41. The number of aliphatic hydroxyl groups is 1. The van der Waals surface area contributed by atoms with Crippen molar-refractivity contribution < 1.29 is 9.84 Å². The fraction of sp³-hybridized carbons (Fsp3) is 0.625. The number of nitrogens with zero attached hydrogens (tertiary/aromatic N) is 1. The summed E-state index contributed by atoms with van der Waals surface area (Å²) in [6.07, 6.45) is 4.59. The van der Waals surface area contributed by atoms with Crippen LogP contribution in [0, 0.1) is 5.92 Å². The van der Waals surface area contributed by atoms with Gasteiger partial charge < -0.3 is 9.84 Å². The maximum absolute atomic E-state index is 10.3. The summed E-state index contributed by atoms with van der Waals surface area (Å²) >= 11 is 0. The van der Waals surface area contributed by atoms with E-state index in [1.165, 1.54) is 24.0 Å². The Labute approximate surface area is 114 Å². The van der Waals surface area contributed by atoms with E-state index in [9.17, 15) is 5.11 Å². The van der Waals surface area contributed by atoms with Crippen molar-refractivity contribution in [1.82, 2.24) is 4.90 Å². The maximum Gasteiger partial charge on any atom is 0.122 e. The summed E-state index contributed by atoms with van der Waals surface area (Å²) in [6, 6.07) is 6.57. The Balaban J connectivity index is 1.31. The van der Waals surface area contributed by atoms with E-state index in [-0.39, 0.29) is 5.60 Å². The molecule has 1 aromatic carbocycles. The van der Waals surface area contributed by atoms with Gasteiger partial charge in [-0.15, -0.1) is 0 Å². The Bertz CT molecular complexity index is 490. The van der Waals surface area contributed by atoms with Crippen molar-refractivity contribution in [2.24, 2.45) is 5.92 Å². The largest absolute Gasteiger partial charge is 0.493 e. The van der Waals surface area contributed by atoms with Crippen LogP contribution in [0.1, 0.15) is 24.0 Å². The second-order valence-corrected chi connectivity index (χ2v) is 6.38. The third-order valence-electron chi connectivity index (χ3n) is 4.80. The van der Waals surface area contributed by atoms with Gasteiger partial charge in [0.1, 0.15) is 5.75 Å². The summed E-state index contributed by atoms with van der Waals surface area (Å²) in [7, 11) is 0. The monoisotopic (exact) mass is 259 g/mol. The molecule has 1 aromatic rings. The predicted molar refractivity (Wildman–Crippen MR) is 73.5 cm³/mol. The fourth-order valence-electron chi connectivity index (χ4n) is 3.45. The first-order valence-corrected chi connectivity index (χ1v) is 7.42. The van der Waals surface area contributed by atoms with E-state index in [0.717, 1.165) is 44.8 Å². The molecule has 3 nitrogen and oxygen atoms in total. The van der Waals surface area contributed by atoms with E-state index >= 15 is 0 Å². The Morgan fingerprint density at radius 2 is 2.16 bits per heavy atom. The molecule has 102 valence electrons. The van der Waals surface area contributed by atoms with Crippen LogP contribution in [-0.4, -0.2) is 41.8 Å². The minimum Gasteiger partial charge on any atom is -0.493 e. The fourth-order valence-corrected chi connectivity index (χ4v) is 3.45. The topological polar surface area (TPSA) is 32.7 Å². The molecule has 2 heterocycles. The van der Waals surface area contributed by atoms with Crippen LogP contribution in [0.15, 0.2) is 18.2 Å². The Kier molecular flexibility index (Phi) is 2.61. The van der Waals surface area contributed by atoms with Crippen LogP contribution in [0.3, 0.4) is 0 Å². The highest BCUT2D eigenvalue weighted by atomic mass is 16.5. The molecule has 1 aliphatic carbocycles. The molecule has 19 heavy (non-hydrogen) atoms. The third-order valence-corrected chi connectivity index (χ3v) is 4.80. The molecule has 3 heteroatoms. The van der Waals surface area contributed by atoms with Crippen molar-refractivity contribution in [3.05, 3.63) is 29.3 Å². The smallest absolute Gasteiger partial charge is 0.122 e. The second kappa shape index (κ2) is 4.22. The van der Waals surface area contributed by atoms with Crippen molar-refractivity contribution in [3.63, 3.8) is 0 Å². The van der Waals surface area contributed by atoms with E-state index < -0.39 is 0 Å². The van der Waals surface area contributed by atoms with Gasteiger partial charge in [0.05, 0.1) is 12.2 Å². The Hall–Kier alpha value is -1.06. The van der Waals surface area contributed by atoms with Gasteiger partial charge in [0.2, 0.25) is 0 Å². The van der Waals surface area contributed by atoms with Crippen LogP contribution in [0.4, 0.5) is 0 Å². The zero-order chi connectivity index (χ0) is 12.9. The quantitative estimate of drug-likeness (QED) is 0.892. The Morgan fingerprint density at radius 3 is 2.95 bits per heavy atom. The van der Waals surface area contributed by atoms with Crippen molar-refractivity contribution in [1.29, 1.82) is 0 Å². The Morgan fingerprint density at radius 1 is 1.32 bits per heavy atom. The third kappa shape index (κ3) is 2.15. The lowest BCUT2D eigenvalue weighted by Crippen LogP contribution is -2.63. The highest BCUT2D eigenvalue weighted by molar-refractivity contribution is 5.39. The number of β-amino-alcohol motifs (C(OH)–C–C–N with tert-alkyl or cyclic N) is 1. The first kappa shape index (κ1) is 11.7. The highest BCUT2D eigenvalue weighted by Gasteiger charge is 2.51. The molecule has 2 fully saturated rings. The standard InChI is InChI=1S/C16H21NO2/c18-16(14-2-3-14)10-17(11-16)7-5-12-1-4-15-13(9-12)6-8-19-15/h1,4,9,14,18H,2-3,5-8,10-11H2. The average molecular weight is 259 g/mol. The molecular weight excluding hydrogens is 238 g/mol. The number of hydrogen-bond acceptors (Lipinski definition) is 3. The molecule has 0 aromatic heterocycles. The normalized spacial score (nSPS) is 24.7. The SMILES string of the molecule is OC1(C2CC2)CN(CCc2ccc3c(c2)CCO3)C1. The minimum absolute atomic E-state index is 0.341. The lowest BCUT2D eigenvalue weighted by Gasteiger charge is -2.47. The summed E-state index contributed by atoms with van der Waals surface area (Å²) in [5, 5.41) is 10.3. The number of hydrogen-bond donors (Lipinski definition) is 1. The van der Waals surface area contributed by atoms with Gasteiger partial charge in [-0.25, -0.2) is 0 Å². The zero-order valence-corrected chi connectivity index (χ0v) is 11.3. The molecule has 1 N–H and O–H groups in total. The molecule has 0 spiro atoms. The summed E-state index contributed by atoms with van der Waals surface area (Å²) in [5.74, 6) is 1.66. The minimum atomic E-state index is -0.341. The number of benzene rings is 1. The molecule has 3 aliphatic rings. The lowest BCUT2D eigenvalue weighted by molar-refractivity contribution is -0.112. The predicted octanol–water partition coefficient (Wildman–Crippen LogP) is 1.62. The number of ether oxygens (including phenoxy) is 1. The maximum atomic E-state index is 10.3. The summed E-state index contributed by atoms with van der Waals surface area (Å²) < 4.78 is 5.53. The van der Waals surface area contributed by atoms with Gasteiger partial charge in [0.25, 0.3) is 0 Å². The van der Waals surface area contributed by atoms with Gasteiger partial charge >= 0.3 is 0 Å². The number of likely N-dealkylation sites (tertiary alicyclic amines) is 1. The molecule has 1 saturated carbocycles. The zero-order valence-electron chi connectivity index (χ0n) is 11.3. The van der Waals surface area contributed by atoms with Crippen LogP contribution in [0.5, 0.6) is 5.75 Å². The van der Waals surface area contributed by atoms with Crippen LogP contribution < -0.4 is 4.74 Å². The van der Waals surface area contributed by atoms with Gasteiger partial charge in [-0.3, -0.25) is 4.90 Å². The molecule has 0 bridgehead atoms. The van der Waals surface area contributed by atoms with E-state index in [0.29, 0.717) is 5.92 Å². The van der Waals surface area contributed by atoms with E-state index in [1.807, 2.05) is 0 Å². The lowest BCUT2D eigenvalue weighted by atomic mass is 9.88. The molecule has 0 radical (unpaired) electrons. The first-order valence-electron chi connectivity index (χ1n) is 7.42. The molecule has 1 saturated heterocycles. The van der Waals surface area contributed by atoms with Gasteiger partial charge in [-0.2, -0.15) is 0 Å². The molecule has 2 aliphatic heterocycles. The van der Waals surface area contributed by atoms with Gasteiger partial charge in [0.15, 0.2) is 0 Å². The molecule has 0 unspecified atom stereocenters. The van der Waals surface area contributed by atoms with Gasteiger partial charge in [0, 0.05) is 26.1 Å². The van der Waals surface area contributed by atoms with E-state index in [4.69, 9.17) is 4.74 Å². The number of fused-ring (bicyclic) bond motifs is 1. The molecule has 4 rings (SSSR count). The van der Waals surface area contributed by atoms with Crippen molar-refractivity contribution in [2.45, 2.75) is 31.3 Å². The number of rotatable bonds is 4.